The van der Waals surface area contributed by atoms with Crippen molar-refractivity contribution in [1.29, 1.82) is 0 Å². The number of rotatable bonds is 4. The number of carboxylic acids is 1. The molecule has 2 saturated heterocycles. The zero-order valence-electron chi connectivity index (χ0n) is 12.4. The first-order valence-corrected chi connectivity index (χ1v) is 7.50. The van der Waals surface area contributed by atoms with E-state index in [2.05, 4.69) is 10.2 Å². The number of nitrogens with one attached hydrogen (secondary N) is 1. The van der Waals surface area contributed by atoms with Gasteiger partial charge >= 0.3 is 12.0 Å². The number of carbonyl (C=O) groups is 3. The molecule has 21 heavy (non-hydrogen) atoms. The van der Waals surface area contributed by atoms with E-state index < -0.39 is 11.9 Å². The van der Waals surface area contributed by atoms with Crippen LogP contribution >= 0.6 is 0 Å². The smallest absolute Gasteiger partial charge is 0.324 e. The number of hydrogen-bond acceptors (Lipinski definition) is 4. The molecule has 2 atom stereocenters. The Kier molecular flexibility index (Phi) is 5.17. The van der Waals surface area contributed by atoms with E-state index in [1.54, 1.807) is 11.8 Å². The minimum Gasteiger partial charge on any atom is -0.481 e. The Hall–Kier alpha value is -1.63. The van der Waals surface area contributed by atoms with Gasteiger partial charge in [0.05, 0.1) is 0 Å². The van der Waals surface area contributed by atoms with Crippen molar-refractivity contribution in [3.05, 3.63) is 0 Å². The third-order valence-electron chi connectivity index (χ3n) is 4.18. The SMILES string of the molecule is CC(CC(=O)O)CC(=O)NC(=O)N1CCN2CCCC2C1. The van der Waals surface area contributed by atoms with Crippen LogP contribution in [0, 0.1) is 5.92 Å². The van der Waals surface area contributed by atoms with Crippen molar-refractivity contribution in [2.24, 2.45) is 5.92 Å². The lowest BCUT2D eigenvalue weighted by Gasteiger charge is -2.37. The Labute approximate surface area is 124 Å². The number of imide groups is 1. The Morgan fingerprint density at radius 3 is 2.71 bits per heavy atom. The third kappa shape index (κ3) is 4.42. The number of piperazine rings is 1. The van der Waals surface area contributed by atoms with E-state index in [1.807, 2.05) is 0 Å². The number of carbonyl (C=O) groups excluding carboxylic acids is 2. The predicted octanol–water partition coefficient (Wildman–Crippen LogP) is 0.504. The van der Waals surface area contributed by atoms with Gasteiger partial charge in [0.15, 0.2) is 0 Å². The summed E-state index contributed by atoms with van der Waals surface area (Å²) >= 11 is 0. The predicted molar refractivity (Wildman–Crippen MR) is 75.7 cm³/mol. The molecule has 0 bridgehead atoms. The maximum atomic E-state index is 12.1. The van der Waals surface area contributed by atoms with Gasteiger partial charge in [-0.25, -0.2) is 4.79 Å². The van der Waals surface area contributed by atoms with E-state index in [4.69, 9.17) is 5.11 Å². The highest BCUT2D eigenvalue weighted by Crippen LogP contribution is 2.21. The summed E-state index contributed by atoms with van der Waals surface area (Å²) in [6.07, 6.45) is 2.27. The number of amides is 3. The summed E-state index contributed by atoms with van der Waals surface area (Å²) < 4.78 is 0. The highest BCUT2D eigenvalue weighted by atomic mass is 16.4. The Balaban J connectivity index is 1.76. The first-order valence-electron chi connectivity index (χ1n) is 7.50. The van der Waals surface area contributed by atoms with Crippen LogP contribution in [0.1, 0.15) is 32.6 Å². The van der Waals surface area contributed by atoms with Gasteiger partial charge in [-0.05, 0) is 25.3 Å². The van der Waals surface area contributed by atoms with Gasteiger partial charge in [0.2, 0.25) is 5.91 Å². The molecule has 0 aromatic rings. The molecule has 2 fully saturated rings. The van der Waals surface area contributed by atoms with Gasteiger partial charge in [0, 0.05) is 38.5 Å². The van der Waals surface area contributed by atoms with Gasteiger partial charge in [0.1, 0.15) is 0 Å². The first-order chi connectivity index (χ1) is 9.95. The number of aliphatic carboxylic acids is 1. The number of urea groups is 1. The standard InChI is InChI=1S/C14H23N3O4/c1-10(8-13(19)20)7-12(18)15-14(21)17-6-5-16-4-2-3-11(16)9-17/h10-11H,2-9H2,1H3,(H,19,20)(H,15,18,21). The molecule has 0 aromatic heterocycles. The average Bonchev–Trinajstić information content (AvgIpc) is 2.84. The fraction of sp³-hybridized carbons (Fsp3) is 0.786. The summed E-state index contributed by atoms with van der Waals surface area (Å²) in [5.41, 5.74) is 0. The first kappa shape index (κ1) is 15.8. The van der Waals surface area contributed by atoms with Crippen molar-refractivity contribution >= 4 is 17.9 Å². The van der Waals surface area contributed by atoms with Gasteiger partial charge in [-0.2, -0.15) is 0 Å². The van der Waals surface area contributed by atoms with Crippen molar-refractivity contribution < 1.29 is 19.5 Å². The van der Waals surface area contributed by atoms with Crippen molar-refractivity contribution in [2.75, 3.05) is 26.2 Å². The molecule has 2 unspecified atom stereocenters. The summed E-state index contributed by atoms with van der Waals surface area (Å²) in [6.45, 7) is 4.97. The Morgan fingerprint density at radius 2 is 2.00 bits per heavy atom. The van der Waals surface area contributed by atoms with E-state index in [-0.39, 0.29) is 24.8 Å². The monoisotopic (exact) mass is 297 g/mol. The van der Waals surface area contributed by atoms with Crippen LogP contribution in [0.5, 0.6) is 0 Å². The Morgan fingerprint density at radius 1 is 1.24 bits per heavy atom. The minimum absolute atomic E-state index is 0.0570. The molecule has 7 heteroatoms. The highest BCUT2D eigenvalue weighted by Gasteiger charge is 2.32. The second kappa shape index (κ2) is 6.89. The van der Waals surface area contributed by atoms with E-state index in [9.17, 15) is 14.4 Å². The fourth-order valence-electron chi connectivity index (χ4n) is 3.11. The second-order valence-electron chi connectivity index (χ2n) is 6.04. The lowest BCUT2D eigenvalue weighted by molar-refractivity contribution is -0.138. The van der Waals surface area contributed by atoms with Crippen molar-refractivity contribution in [3.63, 3.8) is 0 Å². The lowest BCUT2D eigenvalue weighted by Crippen LogP contribution is -2.55. The quantitative estimate of drug-likeness (QED) is 0.789. The summed E-state index contributed by atoms with van der Waals surface area (Å²) in [4.78, 5) is 38.4. The molecular formula is C14H23N3O4. The lowest BCUT2D eigenvalue weighted by atomic mass is 10.0. The molecular weight excluding hydrogens is 274 g/mol. The van der Waals surface area contributed by atoms with Gasteiger partial charge < -0.3 is 10.0 Å². The number of hydrogen-bond donors (Lipinski definition) is 2. The topological polar surface area (TPSA) is 89.9 Å². The van der Waals surface area contributed by atoms with Crippen molar-refractivity contribution in [3.8, 4) is 0 Å². The van der Waals surface area contributed by atoms with Gasteiger partial charge in [-0.1, -0.05) is 6.92 Å². The fourth-order valence-corrected chi connectivity index (χ4v) is 3.11. The second-order valence-corrected chi connectivity index (χ2v) is 6.04. The van der Waals surface area contributed by atoms with Crippen LogP contribution in [0.25, 0.3) is 0 Å². The zero-order valence-corrected chi connectivity index (χ0v) is 12.4. The van der Waals surface area contributed by atoms with E-state index in [1.165, 1.54) is 6.42 Å². The maximum Gasteiger partial charge on any atom is 0.324 e. The molecule has 0 aromatic carbocycles. The zero-order chi connectivity index (χ0) is 15.4. The largest absolute Gasteiger partial charge is 0.481 e. The van der Waals surface area contributed by atoms with Crippen LogP contribution in [0.3, 0.4) is 0 Å². The van der Waals surface area contributed by atoms with Crippen molar-refractivity contribution in [1.82, 2.24) is 15.1 Å². The number of nitrogens with zero attached hydrogens (tertiary/aromatic N) is 2. The molecule has 0 saturated carbocycles. The summed E-state index contributed by atoms with van der Waals surface area (Å²) in [5, 5.41) is 11.0. The average molecular weight is 297 g/mol. The number of carboxylic acid groups (broad SMARTS) is 1. The van der Waals surface area contributed by atoms with E-state index >= 15 is 0 Å². The Bertz CT molecular complexity index is 426. The third-order valence-corrected chi connectivity index (χ3v) is 4.18. The van der Waals surface area contributed by atoms with Crippen LogP contribution in [0.4, 0.5) is 4.79 Å². The van der Waals surface area contributed by atoms with Gasteiger partial charge in [-0.15, -0.1) is 0 Å². The molecule has 0 radical (unpaired) electrons. The normalized spacial score (nSPS) is 23.5. The molecule has 2 aliphatic rings. The molecule has 2 aliphatic heterocycles. The van der Waals surface area contributed by atoms with Crippen LogP contribution in [-0.4, -0.2) is 65.0 Å². The summed E-state index contributed by atoms with van der Waals surface area (Å²) in [5.74, 6) is -1.61. The molecule has 3 amide bonds. The molecule has 7 nitrogen and oxygen atoms in total. The van der Waals surface area contributed by atoms with Crippen LogP contribution < -0.4 is 5.32 Å². The summed E-state index contributed by atoms with van der Waals surface area (Å²) in [7, 11) is 0. The molecule has 0 spiro atoms. The highest BCUT2D eigenvalue weighted by molar-refractivity contribution is 5.94. The molecule has 2 heterocycles. The summed E-state index contributed by atoms with van der Waals surface area (Å²) in [6, 6.07) is 0.0691. The van der Waals surface area contributed by atoms with Crippen LogP contribution in [-0.2, 0) is 9.59 Å². The maximum absolute atomic E-state index is 12.1. The van der Waals surface area contributed by atoms with Crippen molar-refractivity contribution in [2.45, 2.75) is 38.6 Å². The van der Waals surface area contributed by atoms with Gasteiger partial charge in [-0.3, -0.25) is 19.8 Å². The minimum atomic E-state index is -0.931. The molecule has 0 aliphatic carbocycles. The van der Waals surface area contributed by atoms with Crippen LogP contribution in [0.15, 0.2) is 0 Å². The molecule has 2 rings (SSSR count). The molecule has 2 N–H and O–H groups in total. The molecule has 118 valence electrons. The van der Waals surface area contributed by atoms with Gasteiger partial charge in [0.25, 0.3) is 0 Å². The van der Waals surface area contributed by atoms with Crippen LogP contribution in [0.2, 0.25) is 0 Å². The van der Waals surface area contributed by atoms with E-state index in [0.717, 1.165) is 19.5 Å². The number of fused-ring (bicyclic) bond motifs is 1. The van der Waals surface area contributed by atoms with E-state index in [0.29, 0.717) is 19.1 Å².